The second-order valence-electron chi connectivity index (χ2n) is 3.76. The van der Waals surface area contributed by atoms with Gasteiger partial charge in [0, 0.05) is 22.4 Å². The molecule has 0 unspecified atom stereocenters. The molecule has 0 aliphatic heterocycles. The molecule has 0 aliphatic carbocycles. The van der Waals surface area contributed by atoms with Crippen LogP contribution in [0.4, 0.5) is 0 Å². The maximum atomic E-state index is 12.2. The number of hydrogen-bond donors (Lipinski definition) is 0. The fourth-order valence-electron chi connectivity index (χ4n) is 1.68. The molecule has 0 atom stereocenters. The van der Waals surface area contributed by atoms with Crippen LogP contribution in [0.5, 0.6) is 0 Å². The molecule has 2 aromatic heterocycles. The van der Waals surface area contributed by atoms with E-state index in [1.807, 2.05) is 38.3 Å². The molecule has 0 fully saturated rings. The third-order valence-corrected chi connectivity index (χ3v) is 3.29. The van der Waals surface area contributed by atoms with Crippen LogP contribution in [0.25, 0.3) is 0 Å². The molecule has 0 saturated heterocycles. The average molecular weight is 234 g/mol. The summed E-state index contributed by atoms with van der Waals surface area (Å²) in [5.74, 6) is 0.0619. The maximum Gasteiger partial charge on any atom is 0.211 e. The van der Waals surface area contributed by atoms with Gasteiger partial charge in [-0.25, -0.2) is 0 Å². The van der Waals surface area contributed by atoms with Crippen LogP contribution in [-0.4, -0.2) is 15.6 Å². The van der Waals surface area contributed by atoms with E-state index in [0.29, 0.717) is 5.69 Å². The summed E-state index contributed by atoms with van der Waals surface area (Å²) in [6.07, 6.45) is 0. The van der Waals surface area contributed by atoms with E-state index >= 15 is 0 Å². The maximum absolute atomic E-state index is 12.2. The Labute approximate surface area is 98.7 Å². The molecule has 0 aromatic carbocycles. The van der Waals surface area contributed by atoms with E-state index in [1.165, 1.54) is 0 Å². The first-order valence-electron chi connectivity index (χ1n) is 5.26. The van der Waals surface area contributed by atoms with Crippen molar-refractivity contribution in [3.8, 4) is 0 Å². The predicted octanol–water partition coefficient (Wildman–Crippen LogP) is 2.81. The summed E-state index contributed by atoms with van der Waals surface area (Å²) in [4.78, 5) is 13.4. The summed E-state index contributed by atoms with van der Waals surface area (Å²) in [6.45, 7) is 6.62. The molecular weight excluding hydrogens is 220 g/mol. The van der Waals surface area contributed by atoms with E-state index < -0.39 is 0 Å². The summed E-state index contributed by atoms with van der Waals surface area (Å²) in [6, 6.07) is 3.77. The number of nitrogens with zero attached hydrogens (tertiary/aromatic N) is 2. The van der Waals surface area contributed by atoms with E-state index in [9.17, 15) is 4.79 Å². The van der Waals surface area contributed by atoms with Crippen LogP contribution in [0.15, 0.2) is 17.5 Å². The van der Waals surface area contributed by atoms with Crippen LogP contribution in [-0.2, 0) is 6.54 Å². The van der Waals surface area contributed by atoms with Gasteiger partial charge in [-0.2, -0.15) is 5.10 Å². The zero-order valence-electron chi connectivity index (χ0n) is 9.65. The van der Waals surface area contributed by atoms with Crippen molar-refractivity contribution < 1.29 is 4.79 Å². The lowest BCUT2D eigenvalue weighted by Gasteiger charge is -2.01. The summed E-state index contributed by atoms with van der Waals surface area (Å²) in [5.41, 5.74) is 2.33. The molecule has 2 heterocycles. The van der Waals surface area contributed by atoms with Crippen molar-refractivity contribution in [2.75, 3.05) is 0 Å². The zero-order chi connectivity index (χ0) is 11.7. The molecule has 2 aromatic rings. The first kappa shape index (κ1) is 11.1. The van der Waals surface area contributed by atoms with Crippen molar-refractivity contribution >= 4 is 17.1 Å². The molecule has 0 saturated carbocycles. The first-order valence-corrected chi connectivity index (χ1v) is 6.14. The number of rotatable bonds is 3. The van der Waals surface area contributed by atoms with Gasteiger partial charge < -0.3 is 0 Å². The van der Waals surface area contributed by atoms with Gasteiger partial charge in [-0.1, -0.05) is 0 Å². The molecular formula is C12H14N2OS. The molecule has 16 heavy (non-hydrogen) atoms. The summed E-state index contributed by atoms with van der Waals surface area (Å²) in [5, 5.41) is 6.18. The number of thiophene rings is 1. The second-order valence-corrected chi connectivity index (χ2v) is 4.88. The standard InChI is InChI=1S/C12H14N2OS/c1-4-14-11(5-8(2)13-14)12(15)10-6-9(3)16-7-10/h5-7H,4H2,1-3H3. The van der Waals surface area contributed by atoms with Gasteiger partial charge in [0.25, 0.3) is 0 Å². The van der Waals surface area contributed by atoms with Gasteiger partial charge in [-0.05, 0) is 32.9 Å². The van der Waals surface area contributed by atoms with E-state index in [4.69, 9.17) is 0 Å². The van der Waals surface area contributed by atoms with Gasteiger partial charge in [-0.15, -0.1) is 11.3 Å². The van der Waals surface area contributed by atoms with Gasteiger partial charge in [0.1, 0.15) is 5.69 Å². The SMILES string of the molecule is CCn1nc(C)cc1C(=O)c1csc(C)c1. The van der Waals surface area contributed by atoms with E-state index in [0.717, 1.165) is 22.7 Å². The molecule has 0 aliphatic rings. The van der Waals surface area contributed by atoms with E-state index in [-0.39, 0.29) is 5.78 Å². The quantitative estimate of drug-likeness (QED) is 0.765. The largest absolute Gasteiger partial charge is 0.287 e. The smallest absolute Gasteiger partial charge is 0.211 e. The Bertz CT molecular complexity index is 525. The second kappa shape index (κ2) is 4.22. The number of carbonyl (C=O) groups excluding carboxylic acids is 1. The third-order valence-electron chi connectivity index (χ3n) is 2.43. The molecule has 4 heteroatoms. The molecule has 0 amide bonds. The van der Waals surface area contributed by atoms with Gasteiger partial charge >= 0.3 is 0 Å². The highest BCUT2D eigenvalue weighted by molar-refractivity contribution is 7.10. The van der Waals surface area contributed by atoms with Crippen molar-refractivity contribution in [2.45, 2.75) is 27.3 Å². The average Bonchev–Trinajstić information content (AvgIpc) is 2.83. The Kier molecular flexibility index (Phi) is 2.92. The molecule has 84 valence electrons. The minimum absolute atomic E-state index is 0.0619. The van der Waals surface area contributed by atoms with Gasteiger partial charge in [0.15, 0.2) is 0 Å². The van der Waals surface area contributed by atoms with E-state index in [2.05, 4.69) is 5.10 Å². The zero-order valence-corrected chi connectivity index (χ0v) is 10.5. The van der Waals surface area contributed by atoms with Crippen LogP contribution in [0.3, 0.4) is 0 Å². The Morgan fingerprint density at radius 2 is 2.19 bits per heavy atom. The minimum Gasteiger partial charge on any atom is -0.287 e. The number of aromatic nitrogens is 2. The topological polar surface area (TPSA) is 34.9 Å². The van der Waals surface area contributed by atoms with Gasteiger partial charge in [0.05, 0.1) is 5.69 Å². The molecule has 0 N–H and O–H groups in total. The van der Waals surface area contributed by atoms with Crippen molar-refractivity contribution in [1.29, 1.82) is 0 Å². The van der Waals surface area contributed by atoms with Crippen molar-refractivity contribution in [2.24, 2.45) is 0 Å². The van der Waals surface area contributed by atoms with E-state index in [1.54, 1.807) is 16.0 Å². The minimum atomic E-state index is 0.0619. The lowest BCUT2D eigenvalue weighted by molar-refractivity contribution is 0.102. The number of hydrogen-bond acceptors (Lipinski definition) is 3. The highest BCUT2D eigenvalue weighted by Gasteiger charge is 2.15. The van der Waals surface area contributed by atoms with Gasteiger partial charge in [-0.3, -0.25) is 9.48 Å². The normalized spacial score (nSPS) is 10.7. The molecule has 0 bridgehead atoms. The summed E-state index contributed by atoms with van der Waals surface area (Å²) in [7, 11) is 0. The number of ketones is 1. The fourth-order valence-corrected chi connectivity index (χ4v) is 2.36. The summed E-state index contributed by atoms with van der Waals surface area (Å²) >= 11 is 1.60. The predicted molar refractivity (Wildman–Crippen MR) is 65.1 cm³/mol. The molecule has 0 spiro atoms. The van der Waals surface area contributed by atoms with Crippen molar-refractivity contribution in [1.82, 2.24) is 9.78 Å². The van der Waals surface area contributed by atoms with Crippen molar-refractivity contribution in [3.05, 3.63) is 39.3 Å². The van der Waals surface area contributed by atoms with Crippen LogP contribution >= 0.6 is 11.3 Å². The molecule has 0 radical (unpaired) electrons. The highest BCUT2D eigenvalue weighted by atomic mass is 32.1. The Morgan fingerprint density at radius 1 is 1.44 bits per heavy atom. The van der Waals surface area contributed by atoms with Gasteiger partial charge in [0.2, 0.25) is 5.78 Å². The summed E-state index contributed by atoms with van der Waals surface area (Å²) < 4.78 is 1.75. The number of aryl methyl sites for hydroxylation is 3. The van der Waals surface area contributed by atoms with Crippen LogP contribution in [0, 0.1) is 13.8 Å². The van der Waals surface area contributed by atoms with Crippen LogP contribution in [0.1, 0.15) is 33.5 Å². The van der Waals surface area contributed by atoms with Crippen molar-refractivity contribution in [3.63, 3.8) is 0 Å². The lowest BCUT2D eigenvalue weighted by atomic mass is 10.1. The first-order chi connectivity index (χ1) is 7.61. The molecule has 2 rings (SSSR count). The van der Waals surface area contributed by atoms with Crippen LogP contribution < -0.4 is 0 Å². The highest BCUT2D eigenvalue weighted by Crippen LogP contribution is 2.17. The fraction of sp³-hybridized carbons (Fsp3) is 0.333. The lowest BCUT2D eigenvalue weighted by Crippen LogP contribution is -2.09. The Balaban J connectivity index is 2.40. The number of carbonyl (C=O) groups is 1. The monoisotopic (exact) mass is 234 g/mol. The van der Waals surface area contributed by atoms with Crippen LogP contribution in [0.2, 0.25) is 0 Å². The third kappa shape index (κ3) is 1.93. The Hall–Kier alpha value is -1.42. The Morgan fingerprint density at radius 3 is 2.75 bits per heavy atom. The molecule has 3 nitrogen and oxygen atoms in total.